The van der Waals surface area contributed by atoms with E-state index in [-0.39, 0.29) is 11.7 Å². The molecule has 0 aromatic heterocycles. The third-order valence-corrected chi connectivity index (χ3v) is 4.61. The molecular formula is C14H23N3O3. The summed E-state index contributed by atoms with van der Waals surface area (Å²) in [5.74, 6) is -1.52. The molecule has 0 aromatic carbocycles. The van der Waals surface area contributed by atoms with Gasteiger partial charge in [-0.25, -0.2) is 0 Å². The van der Waals surface area contributed by atoms with E-state index < -0.39 is 23.3 Å². The zero-order valence-corrected chi connectivity index (χ0v) is 11.7. The van der Waals surface area contributed by atoms with Gasteiger partial charge in [0, 0.05) is 0 Å². The van der Waals surface area contributed by atoms with Crippen molar-refractivity contribution in [2.45, 2.75) is 51.0 Å². The van der Waals surface area contributed by atoms with Crippen molar-refractivity contribution >= 4 is 17.6 Å². The van der Waals surface area contributed by atoms with Gasteiger partial charge in [0.15, 0.2) is 5.78 Å². The van der Waals surface area contributed by atoms with Crippen LogP contribution < -0.4 is 16.8 Å². The van der Waals surface area contributed by atoms with Gasteiger partial charge >= 0.3 is 0 Å². The largest absolute Gasteiger partial charge is 0.330 e. The Morgan fingerprint density at radius 3 is 2.80 bits per heavy atom. The number of hydrogen-bond acceptors (Lipinski definition) is 5. The minimum absolute atomic E-state index is 0.262. The number of rotatable bonds is 6. The molecule has 112 valence electrons. The molecule has 3 atom stereocenters. The monoisotopic (exact) mass is 281 g/mol. The van der Waals surface area contributed by atoms with Crippen LogP contribution in [0.4, 0.5) is 0 Å². The van der Waals surface area contributed by atoms with E-state index in [0.29, 0.717) is 25.8 Å². The highest BCUT2D eigenvalue weighted by molar-refractivity contribution is 6.20. The number of nitrogens with one attached hydrogen (secondary N) is 1. The summed E-state index contributed by atoms with van der Waals surface area (Å²) in [7, 11) is 0. The van der Waals surface area contributed by atoms with Gasteiger partial charge in [-0.3, -0.25) is 19.7 Å². The lowest BCUT2D eigenvalue weighted by molar-refractivity contribution is -0.145. The van der Waals surface area contributed by atoms with Crippen molar-refractivity contribution in [2.75, 3.05) is 6.54 Å². The second-order valence-corrected chi connectivity index (χ2v) is 5.84. The SMILES string of the molecule is NCCCC[C@H](N)C(=O)C12CCCCC1C(=O)NC2=O. The number of imide groups is 1. The number of unbranched alkanes of at least 4 members (excludes halogenated alkanes) is 1. The highest BCUT2D eigenvalue weighted by atomic mass is 16.2. The van der Waals surface area contributed by atoms with E-state index in [1.807, 2.05) is 0 Å². The molecule has 2 rings (SSSR count). The number of carbonyl (C=O) groups excluding carboxylic acids is 3. The summed E-state index contributed by atoms with van der Waals surface area (Å²) in [5, 5.41) is 2.33. The van der Waals surface area contributed by atoms with Gasteiger partial charge in [0.2, 0.25) is 11.8 Å². The molecule has 1 heterocycles. The van der Waals surface area contributed by atoms with Gasteiger partial charge in [-0.2, -0.15) is 0 Å². The molecule has 2 aliphatic rings. The van der Waals surface area contributed by atoms with Gasteiger partial charge in [0.05, 0.1) is 12.0 Å². The molecule has 5 N–H and O–H groups in total. The van der Waals surface area contributed by atoms with Crippen LogP contribution in [0, 0.1) is 11.3 Å². The van der Waals surface area contributed by atoms with E-state index in [1.165, 1.54) is 0 Å². The predicted molar refractivity (Wildman–Crippen MR) is 73.4 cm³/mol. The molecule has 0 bridgehead atoms. The summed E-state index contributed by atoms with van der Waals surface area (Å²) >= 11 is 0. The lowest BCUT2D eigenvalue weighted by Gasteiger charge is -2.35. The third-order valence-electron chi connectivity index (χ3n) is 4.61. The first-order chi connectivity index (χ1) is 9.54. The van der Waals surface area contributed by atoms with E-state index in [9.17, 15) is 14.4 Å². The van der Waals surface area contributed by atoms with Gasteiger partial charge in [0.25, 0.3) is 0 Å². The van der Waals surface area contributed by atoms with E-state index >= 15 is 0 Å². The van der Waals surface area contributed by atoms with Crippen molar-refractivity contribution in [3.63, 3.8) is 0 Å². The van der Waals surface area contributed by atoms with Crippen LogP contribution >= 0.6 is 0 Å². The molecule has 2 amide bonds. The normalized spacial score (nSPS) is 30.8. The lowest BCUT2D eigenvalue weighted by Crippen LogP contribution is -2.51. The molecule has 0 spiro atoms. The molecular weight excluding hydrogens is 258 g/mol. The fourth-order valence-electron chi connectivity index (χ4n) is 3.49. The summed E-state index contributed by atoms with van der Waals surface area (Å²) < 4.78 is 0. The Labute approximate surface area is 118 Å². The molecule has 1 aliphatic carbocycles. The molecule has 1 aliphatic heterocycles. The first-order valence-corrected chi connectivity index (χ1v) is 7.39. The summed E-state index contributed by atoms with van der Waals surface area (Å²) in [6, 6.07) is -0.682. The Hall–Kier alpha value is -1.27. The number of Topliss-reactive ketones (excluding diaryl/α,β-unsaturated/α-hetero) is 1. The number of fused-ring (bicyclic) bond motifs is 1. The smallest absolute Gasteiger partial charge is 0.241 e. The van der Waals surface area contributed by atoms with Crippen molar-refractivity contribution < 1.29 is 14.4 Å². The van der Waals surface area contributed by atoms with E-state index in [2.05, 4.69) is 5.32 Å². The lowest BCUT2D eigenvalue weighted by atomic mass is 9.63. The number of ketones is 1. The molecule has 0 radical (unpaired) electrons. The van der Waals surface area contributed by atoms with Gasteiger partial charge in [-0.05, 0) is 32.2 Å². The highest BCUT2D eigenvalue weighted by Gasteiger charge is 2.61. The first-order valence-electron chi connectivity index (χ1n) is 7.39. The maximum atomic E-state index is 12.7. The van der Waals surface area contributed by atoms with E-state index in [4.69, 9.17) is 11.5 Å². The highest BCUT2D eigenvalue weighted by Crippen LogP contribution is 2.46. The number of hydrogen-bond donors (Lipinski definition) is 3. The molecule has 1 saturated carbocycles. The average molecular weight is 281 g/mol. The zero-order valence-electron chi connectivity index (χ0n) is 11.7. The second kappa shape index (κ2) is 6.01. The number of nitrogens with two attached hydrogens (primary N) is 2. The van der Waals surface area contributed by atoms with Crippen molar-refractivity contribution in [3.8, 4) is 0 Å². The van der Waals surface area contributed by atoms with Crippen LogP contribution in [0.2, 0.25) is 0 Å². The quantitative estimate of drug-likeness (QED) is 0.355. The predicted octanol–water partition coefficient (Wildman–Crippen LogP) is -0.155. The minimum Gasteiger partial charge on any atom is -0.330 e. The van der Waals surface area contributed by atoms with Crippen LogP contribution in [0.25, 0.3) is 0 Å². The Kier molecular flexibility index (Phi) is 4.55. The Morgan fingerprint density at radius 2 is 2.10 bits per heavy atom. The Bertz CT molecular complexity index is 424. The molecule has 6 heteroatoms. The first kappa shape index (κ1) is 15.1. The number of amides is 2. The van der Waals surface area contributed by atoms with Gasteiger partial charge in [-0.15, -0.1) is 0 Å². The van der Waals surface area contributed by atoms with Gasteiger partial charge in [0.1, 0.15) is 5.41 Å². The van der Waals surface area contributed by atoms with Crippen molar-refractivity contribution in [1.82, 2.24) is 5.32 Å². The van der Waals surface area contributed by atoms with Crippen molar-refractivity contribution in [2.24, 2.45) is 22.8 Å². The van der Waals surface area contributed by atoms with Crippen LogP contribution in [0.3, 0.4) is 0 Å². The van der Waals surface area contributed by atoms with E-state index in [0.717, 1.165) is 25.7 Å². The zero-order chi connectivity index (χ0) is 14.8. The maximum absolute atomic E-state index is 12.7. The molecule has 20 heavy (non-hydrogen) atoms. The topological polar surface area (TPSA) is 115 Å². The average Bonchev–Trinajstić information content (AvgIpc) is 2.71. The summed E-state index contributed by atoms with van der Waals surface area (Å²) in [4.78, 5) is 36.7. The molecule has 0 aromatic rings. The Morgan fingerprint density at radius 1 is 1.35 bits per heavy atom. The molecule has 2 fully saturated rings. The maximum Gasteiger partial charge on any atom is 0.241 e. The van der Waals surface area contributed by atoms with Crippen LogP contribution in [-0.2, 0) is 14.4 Å². The fraction of sp³-hybridized carbons (Fsp3) is 0.786. The molecule has 2 unspecified atom stereocenters. The molecule has 1 saturated heterocycles. The van der Waals surface area contributed by atoms with Crippen molar-refractivity contribution in [1.29, 1.82) is 0 Å². The van der Waals surface area contributed by atoms with Crippen LogP contribution in [0.1, 0.15) is 44.9 Å². The van der Waals surface area contributed by atoms with Crippen LogP contribution in [0.5, 0.6) is 0 Å². The second-order valence-electron chi connectivity index (χ2n) is 5.84. The number of carbonyl (C=O) groups is 3. The van der Waals surface area contributed by atoms with Gasteiger partial charge in [-0.1, -0.05) is 19.3 Å². The fourth-order valence-corrected chi connectivity index (χ4v) is 3.49. The minimum atomic E-state index is -1.20. The van der Waals surface area contributed by atoms with Crippen LogP contribution in [0.15, 0.2) is 0 Å². The third kappa shape index (κ3) is 2.38. The summed E-state index contributed by atoms with van der Waals surface area (Å²) in [6.07, 6.45) is 4.80. The van der Waals surface area contributed by atoms with Crippen molar-refractivity contribution in [3.05, 3.63) is 0 Å². The van der Waals surface area contributed by atoms with Crippen LogP contribution in [-0.4, -0.2) is 30.2 Å². The van der Waals surface area contributed by atoms with E-state index in [1.54, 1.807) is 0 Å². The van der Waals surface area contributed by atoms with Gasteiger partial charge < -0.3 is 11.5 Å². The Balaban J connectivity index is 2.16. The summed E-state index contributed by atoms with van der Waals surface area (Å²) in [5.41, 5.74) is 10.2. The summed E-state index contributed by atoms with van der Waals surface area (Å²) in [6.45, 7) is 0.563. The molecule has 6 nitrogen and oxygen atoms in total. The standard InChI is InChI=1S/C14H23N3O3/c15-8-4-2-6-10(16)11(18)14-7-3-1-5-9(14)12(19)17-13(14)20/h9-10H,1-8,15-16H2,(H,17,19,20)/t9?,10-,14?/m0/s1.